The number of nitrogens with zero attached hydrogens (tertiary/aromatic N) is 1. The van der Waals surface area contributed by atoms with E-state index in [2.05, 4.69) is 31.0 Å². The van der Waals surface area contributed by atoms with Crippen LogP contribution in [0.5, 0.6) is 0 Å². The Kier molecular flexibility index (Phi) is 3.09. The molecule has 0 aromatic carbocycles. The van der Waals surface area contributed by atoms with Gasteiger partial charge in [0.05, 0.1) is 6.61 Å². The molecule has 0 bridgehead atoms. The van der Waals surface area contributed by atoms with E-state index in [4.69, 9.17) is 5.11 Å². The lowest BCUT2D eigenvalue weighted by Crippen LogP contribution is -2.59. The Hall–Kier alpha value is -0.120. The van der Waals surface area contributed by atoms with Crippen molar-refractivity contribution in [3.05, 3.63) is 0 Å². The van der Waals surface area contributed by atoms with E-state index in [1.54, 1.807) is 0 Å². The Balaban J connectivity index is 2.46. The monoisotopic (exact) mass is 172 g/mol. The fraction of sp³-hybridized carbons (Fsp3) is 1.00. The minimum Gasteiger partial charge on any atom is -0.395 e. The van der Waals surface area contributed by atoms with Gasteiger partial charge in [0.1, 0.15) is 0 Å². The van der Waals surface area contributed by atoms with E-state index in [1.165, 1.54) is 0 Å². The summed E-state index contributed by atoms with van der Waals surface area (Å²) in [5, 5.41) is 12.4. The van der Waals surface area contributed by atoms with E-state index in [1.807, 2.05) is 0 Å². The van der Waals surface area contributed by atoms with E-state index in [-0.39, 0.29) is 12.1 Å². The fourth-order valence-corrected chi connectivity index (χ4v) is 1.67. The molecule has 1 heterocycles. The van der Waals surface area contributed by atoms with Crippen LogP contribution >= 0.6 is 0 Å². The fourth-order valence-electron chi connectivity index (χ4n) is 1.67. The van der Waals surface area contributed by atoms with Crippen LogP contribution in [0, 0.1) is 0 Å². The van der Waals surface area contributed by atoms with Crippen LogP contribution in [0.1, 0.15) is 20.8 Å². The molecule has 1 fully saturated rings. The maximum absolute atomic E-state index is 9.00. The van der Waals surface area contributed by atoms with Crippen LogP contribution in [0.15, 0.2) is 0 Å². The van der Waals surface area contributed by atoms with Crippen LogP contribution < -0.4 is 5.32 Å². The largest absolute Gasteiger partial charge is 0.395 e. The Morgan fingerprint density at radius 3 is 2.75 bits per heavy atom. The third kappa shape index (κ3) is 2.44. The molecule has 0 spiro atoms. The minimum atomic E-state index is 0.196. The molecule has 3 nitrogen and oxygen atoms in total. The summed E-state index contributed by atoms with van der Waals surface area (Å²) >= 11 is 0. The Morgan fingerprint density at radius 1 is 1.58 bits per heavy atom. The van der Waals surface area contributed by atoms with Gasteiger partial charge in [-0.1, -0.05) is 0 Å². The van der Waals surface area contributed by atoms with E-state index in [0.29, 0.717) is 6.04 Å². The van der Waals surface area contributed by atoms with Crippen molar-refractivity contribution < 1.29 is 5.11 Å². The quantitative estimate of drug-likeness (QED) is 0.618. The van der Waals surface area contributed by atoms with Crippen LogP contribution in [0.4, 0.5) is 0 Å². The third-order valence-electron chi connectivity index (χ3n) is 2.49. The van der Waals surface area contributed by atoms with Crippen LogP contribution in [0.25, 0.3) is 0 Å². The Morgan fingerprint density at radius 2 is 2.25 bits per heavy atom. The van der Waals surface area contributed by atoms with Gasteiger partial charge in [-0.3, -0.25) is 4.90 Å². The summed E-state index contributed by atoms with van der Waals surface area (Å²) in [5.41, 5.74) is 0.196. The highest BCUT2D eigenvalue weighted by atomic mass is 16.3. The number of aliphatic hydroxyl groups excluding tert-OH is 1. The Bertz CT molecular complexity index is 147. The molecule has 0 amide bonds. The molecule has 1 saturated heterocycles. The molecule has 1 atom stereocenters. The molecule has 0 radical (unpaired) electrons. The zero-order chi connectivity index (χ0) is 9.19. The lowest BCUT2D eigenvalue weighted by molar-refractivity contribution is 0.0806. The normalized spacial score (nSPS) is 27.0. The first kappa shape index (κ1) is 9.96. The average molecular weight is 172 g/mol. The van der Waals surface area contributed by atoms with Gasteiger partial charge in [0.2, 0.25) is 0 Å². The van der Waals surface area contributed by atoms with Gasteiger partial charge < -0.3 is 10.4 Å². The van der Waals surface area contributed by atoms with Gasteiger partial charge in [0.25, 0.3) is 0 Å². The number of aliphatic hydroxyl groups is 1. The molecular weight excluding hydrogens is 152 g/mol. The summed E-state index contributed by atoms with van der Waals surface area (Å²) < 4.78 is 0. The molecule has 0 aromatic heterocycles. The summed E-state index contributed by atoms with van der Waals surface area (Å²) in [4.78, 5) is 2.33. The molecule has 0 saturated carbocycles. The van der Waals surface area contributed by atoms with Crippen molar-refractivity contribution in [2.45, 2.75) is 32.4 Å². The van der Waals surface area contributed by atoms with E-state index < -0.39 is 0 Å². The summed E-state index contributed by atoms with van der Waals surface area (Å²) in [6.07, 6.45) is 0. The summed E-state index contributed by atoms with van der Waals surface area (Å²) in [6.45, 7) is 9.82. The second-order valence-electron chi connectivity index (χ2n) is 4.31. The van der Waals surface area contributed by atoms with Crippen LogP contribution in [-0.4, -0.2) is 47.8 Å². The first-order valence-corrected chi connectivity index (χ1v) is 4.65. The standard InChI is InChI=1S/C9H20N2O/c1-8(6-12)11-5-4-10-9(2,3)7-11/h8,10,12H,4-7H2,1-3H3. The maximum Gasteiger partial charge on any atom is 0.0584 e. The number of nitrogens with one attached hydrogen (secondary N) is 1. The molecule has 72 valence electrons. The molecule has 12 heavy (non-hydrogen) atoms. The SMILES string of the molecule is CC(CO)N1CCNC(C)(C)C1. The maximum atomic E-state index is 9.00. The lowest BCUT2D eigenvalue weighted by Gasteiger charge is -2.41. The summed E-state index contributed by atoms with van der Waals surface area (Å²) in [7, 11) is 0. The number of hydrogen-bond acceptors (Lipinski definition) is 3. The molecule has 0 aliphatic carbocycles. The van der Waals surface area contributed by atoms with Crippen molar-refractivity contribution in [3.63, 3.8) is 0 Å². The predicted molar refractivity (Wildman–Crippen MR) is 50.2 cm³/mol. The molecule has 1 aliphatic rings. The number of piperazine rings is 1. The smallest absolute Gasteiger partial charge is 0.0584 e. The topological polar surface area (TPSA) is 35.5 Å². The number of hydrogen-bond donors (Lipinski definition) is 2. The van der Waals surface area contributed by atoms with Gasteiger partial charge in [-0.25, -0.2) is 0 Å². The molecule has 3 heteroatoms. The van der Waals surface area contributed by atoms with Crippen molar-refractivity contribution in [2.75, 3.05) is 26.2 Å². The van der Waals surface area contributed by atoms with Gasteiger partial charge in [-0.15, -0.1) is 0 Å². The van der Waals surface area contributed by atoms with Crippen molar-refractivity contribution in [1.82, 2.24) is 10.2 Å². The highest BCUT2D eigenvalue weighted by Gasteiger charge is 2.27. The Labute approximate surface area is 74.8 Å². The van der Waals surface area contributed by atoms with Gasteiger partial charge in [0, 0.05) is 31.2 Å². The van der Waals surface area contributed by atoms with Crippen molar-refractivity contribution in [2.24, 2.45) is 0 Å². The van der Waals surface area contributed by atoms with E-state index >= 15 is 0 Å². The van der Waals surface area contributed by atoms with Gasteiger partial charge in [-0.2, -0.15) is 0 Å². The predicted octanol–water partition coefficient (Wildman–Crippen LogP) is 0.0510. The van der Waals surface area contributed by atoms with Gasteiger partial charge in [0.15, 0.2) is 0 Å². The minimum absolute atomic E-state index is 0.196. The first-order valence-electron chi connectivity index (χ1n) is 4.65. The van der Waals surface area contributed by atoms with Crippen molar-refractivity contribution in [3.8, 4) is 0 Å². The molecule has 0 aromatic rings. The summed E-state index contributed by atoms with van der Waals surface area (Å²) in [5.74, 6) is 0. The zero-order valence-corrected chi connectivity index (χ0v) is 8.30. The van der Waals surface area contributed by atoms with Gasteiger partial charge in [-0.05, 0) is 20.8 Å². The van der Waals surface area contributed by atoms with Crippen LogP contribution in [0.3, 0.4) is 0 Å². The first-order chi connectivity index (χ1) is 5.55. The van der Waals surface area contributed by atoms with Gasteiger partial charge >= 0.3 is 0 Å². The molecule has 2 N–H and O–H groups in total. The highest BCUT2D eigenvalue weighted by Crippen LogP contribution is 2.12. The van der Waals surface area contributed by atoms with Crippen molar-refractivity contribution >= 4 is 0 Å². The average Bonchev–Trinajstić information content (AvgIpc) is 2.01. The van der Waals surface area contributed by atoms with Crippen molar-refractivity contribution in [1.29, 1.82) is 0 Å². The summed E-state index contributed by atoms with van der Waals surface area (Å²) in [6, 6.07) is 0.298. The number of rotatable bonds is 2. The van der Waals surface area contributed by atoms with E-state index in [0.717, 1.165) is 19.6 Å². The molecular formula is C9H20N2O. The second-order valence-corrected chi connectivity index (χ2v) is 4.31. The second kappa shape index (κ2) is 3.73. The zero-order valence-electron chi connectivity index (χ0n) is 8.30. The molecule has 1 unspecified atom stereocenters. The van der Waals surface area contributed by atoms with Crippen LogP contribution in [0.2, 0.25) is 0 Å². The molecule has 1 aliphatic heterocycles. The van der Waals surface area contributed by atoms with E-state index in [9.17, 15) is 0 Å². The molecule has 1 rings (SSSR count). The third-order valence-corrected chi connectivity index (χ3v) is 2.49. The van der Waals surface area contributed by atoms with Crippen LogP contribution in [-0.2, 0) is 0 Å². The lowest BCUT2D eigenvalue weighted by atomic mass is 10.0. The highest BCUT2D eigenvalue weighted by molar-refractivity contribution is 4.88.